The number of fused-ring (bicyclic) bond motifs is 2. The first-order valence-electron chi connectivity index (χ1n) is 9.81. The van der Waals surface area contributed by atoms with Gasteiger partial charge < -0.3 is 9.67 Å². The molecule has 30 heavy (non-hydrogen) atoms. The van der Waals surface area contributed by atoms with E-state index in [9.17, 15) is 19.5 Å². The number of rotatable bonds is 6. The molecule has 0 saturated heterocycles. The molecule has 0 aliphatic rings. The summed E-state index contributed by atoms with van der Waals surface area (Å²) in [5.41, 5.74) is 0.706. The number of aryl methyl sites for hydroxylation is 2. The summed E-state index contributed by atoms with van der Waals surface area (Å²) in [4.78, 5) is 43.2. The van der Waals surface area contributed by atoms with Crippen molar-refractivity contribution < 1.29 is 9.90 Å². The van der Waals surface area contributed by atoms with Crippen LogP contribution in [0.3, 0.4) is 0 Å². The molecule has 0 amide bonds. The average molecular weight is 426 g/mol. The molecular weight excluding hydrogens is 404 g/mol. The summed E-state index contributed by atoms with van der Waals surface area (Å²) < 4.78 is 4.44. The zero-order valence-electron chi connectivity index (χ0n) is 17.0. The normalized spacial score (nSPS) is 11.6. The minimum Gasteiger partial charge on any atom is -0.478 e. The number of carboxylic acids is 1. The molecule has 0 radical (unpaired) electrons. The van der Waals surface area contributed by atoms with Crippen LogP contribution in [0.4, 0.5) is 0 Å². The van der Waals surface area contributed by atoms with Crippen LogP contribution >= 0.6 is 11.3 Å². The number of aromatic carboxylic acids is 1. The van der Waals surface area contributed by atoms with Gasteiger partial charge in [0.05, 0.1) is 28.5 Å². The molecule has 3 heterocycles. The first-order valence-corrected chi connectivity index (χ1v) is 10.6. The van der Waals surface area contributed by atoms with E-state index in [2.05, 4.69) is 6.92 Å². The van der Waals surface area contributed by atoms with Crippen LogP contribution in [-0.4, -0.2) is 29.8 Å². The van der Waals surface area contributed by atoms with Gasteiger partial charge in [-0.25, -0.2) is 14.6 Å². The minimum atomic E-state index is -1.17. The summed E-state index contributed by atoms with van der Waals surface area (Å²) in [5.74, 6) is -0.301. The van der Waals surface area contributed by atoms with Gasteiger partial charge in [0.25, 0.3) is 5.56 Å². The highest BCUT2D eigenvalue weighted by Gasteiger charge is 2.26. The molecule has 3 aromatic heterocycles. The number of imidazole rings is 1. The lowest BCUT2D eigenvalue weighted by Gasteiger charge is -2.08. The number of carboxylic acid groups (broad SMARTS) is 1. The first kappa shape index (κ1) is 20.1. The van der Waals surface area contributed by atoms with Crippen LogP contribution in [0.2, 0.25) is 0 Å². The second-order valence-electron chi connectivity index (χ2n) is 7.13. The van der Waals surface area contributed by atoms with E-state index >= 15 is 0 Å². The highest BCUT2D eigenvalue weighted by molar-refractivity contribution is 7.19. The fourth-order valence-electron chi connectivity index (χ4n) is 3.85. The maximum absolute atomic E-state index is 12.8. The molecule has 0 bridgehead atoms. The second-order valence-corrected chi connectivity index (χ2v) is 8.21. The lowest BCUT2D eigenvalue weighted by Crippen LogP contribution is -2.37. The number of aromatic nitrogens is 4. The standard InChI is InChI=1S/C21H22N4O4S/c1-4-8-15-22-12-9-6-7-10-13(12)25(15)11-14-16(20(27)28)17-18(26)23(3)21(29)24(5-2)19(17)30-14/h6-7,9-10H,4-5,8,11H2,1-3H3,(H,27,28). The van der Waals surface area contributed by atoms with E-state index in [-0.39, 0.29) is 17.5 Å². The van der Waals surface area contributed by atoms with Gasteiger partial charge in [0.1, 0.15) is 10.7 Å². The van der Waals surface area contributed by atoms with Crippen LogP contribution in [0.25, 0.3) is 21.3 Å². The van der Waals surface area contributed by atoms with Gasteiger partial charge in [-0.3, -0.25) is 13.9 Å². The molecule has 0 spiro atoms. The summed E-state index contributed by atoms with van der Waals surface area (Å²) in [6, 6.07) is 7.72. The Bertz CT molecular complexity index is 1410. The summed E-state index contributed by atoms with van der Waals surface area (Å²) in [6.07, 6.45) is 1.65. The number of para-hydroxylation sites is 2. The van der Waals surface area contributed by atoms with Crippen LogP contribution in [0.1, 0.15) is 41.3 Å². The van der Waals surface area contributed by atoms with Crippen molar-refractivity contribution in [3.8, 4) is 0 Å². The van der Waals surface area contributed by atoms with E-state index < -0.39 is 17.2 Å². The molecule has 156 valence electrons. The van der Waals surface area contributed by atoms with Gasteiger partial charge in [-0.2, -0.15) is 0 Å². The third-order valence-electron chi connectivity index (χ3n) is 5.28. The summed E-state index contributed by atoms with van der Waals surface area (Å²) in [7, 11) is 1.38. The van der Waals surface area contributed by atoms with Crippen molar-refractivity contribution in [1.82, 2.24) is 18.7 Å². The molecule has 8 nitrogen and oxygen atoms in total. The van der Waals surface area contributed by atoms with Crippen LogP contribution in [-0.2, 0) is 26.6 Å². The Morgan fingerprint density at radius 1 is 1.17 bits per heavy atom. The summed E-state index contributed by atoms with van der Waals surface area (Å²) in [6.45, 7) is 4.48. The Labute approximate surface area is 175 Å². The number of hydrogen-bond donors (Lipinski definition) is 1. The number of nitrogens with zero attached hydrogens (tertiary/aromatic N) is 4. The number of hydrogen-bond acceptors (Lipinski definition) is 5. The van der Waals surface area contributed by atoms with E-state index in [1.165, 1.54) is 23.0 Å². The quantitative estimate of drug-likeness (QED) is 0.511. The highest BCUT2D eigenvalue weighted by atomic mass is 32.1. The van der Waals surface area contributed by atoms with Crippen molar-refractivity contribution in [2.24, 2.45) is 7.05 Å². The summed E-state index contributed by atoms with van der Waals surface area (Å²) in [5, 5.41) is 10.1. The predicted octanol–water partition coefficient (Wildman–Crippen LogP) is 2.83. The second kappa shape index (κ2) is 7.56. The van der Waals surface area contributed by atoms with Gasteiger partial charge in [-0.05, 0) is 25.5 Å². The molecule has 4 aromatic rings. The monoisotopic (exact) mass is 426 g/mol. The topological polar surface area (TPSA) is 99.1 Å². The van der Waals surface area contributed by atoms with Crippen LogP contribution in [0.15, 0.2) is 33.9 Å². The van der Waals surface area contributed by atoms with E-state index in [0.29, 0.717) is 16.3 Å². The van der Waals surface area contributed by atoms with Gasteiger partial charge in [-0.1, -0.05) is 19.1 Å². The van der Waals surface area contributed by atoms with Gasteiger partial charge >= 0.3 is 11.7 Å². The number of carbonyl (C=O) groups is 1. The molecule has 0 atom stereocenters. The third-order valence-corrected chi connectivity index (χ3v) is 6.48. The molecule has 4 rings (SSSR count). The van der Waals surface area contributed by atoms with Crippen molar-refractivity contribution in [2.45, 2.75) is 39.8 Å². The minimum absolute atomic E-state index is 0.0296. The van der Waals surface area contributed by atoms with E-state index in [4.69, 9.17) is 4.98 Å². The zero-order valence-corrected chi connectivity index (χ0v) is 17.8. The average Bonchev–Trinajstić information content (AvgIpc) is 3.26. The Morgan fingerprint density at radius 2 is 1.90 bits per heavy atom. The van der Waals surface area contributed by atoms with Crippen LogP contribution in [0.5, 0.6) is 0 Å². The van der Waals surface area contributed by atoms with Crippen molar-refractivity contribution in [2.75, 3.05) is 0 Å². The molecule has 1 aromatic carbocycles. The maximum Gasteiger partial charge on any atom is 0.337 e. The van der Waals surface area contributed by atoms with Gasteiger partial charge in [-0.15, -0.1) is 11.3 Å². The molecule has 0 aliphatic heterocycles. The first-order chi connectivity index (χ1) is 14.4. The smallest absolute Gasteiger partial charge is 0.337 e. The van der Waals surface area contributed by atoms with Crippen LogP contribution < -0.4 is 11.2 Å². The van der Waals surface area contributed by atoms with E-state index in [1.54, 1.807) is 6.92 Å². The zero-order chi connectivity index (χ0) is 21.6. The Hall–Kier alpha value is -3.20. The van der Waals surface area contributed by atoms with Gasteiger partial charge in [0.2, 0.25) is 0 Å². The molecule has 9 heteroatoms. The summed E-state index contributed by atoms with van der Waals surface area (Å²) >= 11 is 1.19. The molecule has 0 saturated carbocycles. The number of thiophene rings is 1. The fraction of sp³-hybridized carbons (Fsp3) is 0.333. The molecule has 1 N–H and O–H groups in total. The Kier molecular flexibility index (Phi) is 5.07. The van der Waals surface area contributed by atoms with Gasteiger partial charge in [0.15, 0.2) is 0 Å². The predicted molar refractivity (Wildman–Crippen MR) is 117 cm³/mol. The van der Waals surface area contributed by atoms with E-state index in [0.717, 1.165) is 34.3 Å². The molecule has 0 unspecified atom stereocenters. The van der Waals surface area contributed by atoms with Crippen molar-refractivity contribution >= 4 is 38.6 Å². The van der Waals surface area contributed by atoms with Crippen molar-refractivity contribution in [3.63, 3.8) is 0 Å². The fourth-order valence-corrected chi connectivity index (χ4v) is 5.18. The molecule has 0 aliphatic carbocycles. The molecular formula is C21H22N4O4S. The maximum atomic E-state index is 12.8. The van der Waals surface area contributed by atoms with Crippen molar-refractivity contribution in [3.05, 3.63) is 61.4 Å². The Balaban J connectivity index is 2.03. The largest absolute Gasteiger partial charge is 0.478 e. The highest BCUT2D eigenvalue weighted by Crippen LogP contribution is 2.31. The lowest BCUT2D eigenvalue weighted by atomic mass is 10.1. The lowest BCUT2D eigenvalue weighted by molar-refractivity contribution is 0.0698. The van der Waals surface area contributed by atoms with Gasteiger partial charge in [0, 0.05) is 24.9 Å². The van der Waals surface area contributed by atoms with Crippen LogP contribution in [0, 0.1) is 0 Å². The third kappa shape index (κ3) is 2.97. The SMILES string of the molecule is CCCc1nc2ccccc2n1Cc1sc2c(c1C(=O)O)c(=O)n(C)c(=O)n2CC. The number of benzene rings is 1. The Morgan fingerprint density at radius 3 is 2.57 bits per heavy atom. The molecule has 0 fully saturated rings. The van der Waals surface area contributed by atoms with E-state index in [1.807, 2.05) is 28.8 Å². The van der Waals surface area contributed by atoms with Crippen molar-refractivity contribution in [1.29, 1.82) is 0 Å².